The van der Waals surface area contributed by atoms with E-state index in [0.29, 0.717) is 12.2 Å². The first-order valence-corrected chi connectivity index (χ1v) is 8.40. The van der Waals surface area contributed by atoms with E-state index in [1.54, 1.807) is 7.05 Å². The predicted molar refractivity (Wildman–Crippen MR) is 82.1 cm³/mol. The molecule has 7 heteroatoms. The summed E-state index contributed by atoms with van der Waals surface area (Å²) in [5.74, 6) is 0.761. The van der Waals surface area contributed by atoms with Crippen LogP contribution in [-0.4, -0.2) is 70.3 Å². The van der Waals surface area contributed by atoms with Gasteiger partial charge in [-0.2, -0.15) is 0 Å². The number of aliphatic hydroxyl groups excluding tert-OH is 3. The molecule has 1 saturated heterocycles. The van der Waals surface area contributed by atoms with Crippen LogP contribution in [0.1, 0.15) is 26.7 Å². The second kappa shape index (κ2) is 9.07. The molecule has 1 heterocycles. The second-order valence-electron chi connectivity index (χ2n) is 5.66. The number of hydrogen-bond donors (Lipinski definition) is 4. The van der Waals surface area contributed by atoms with E-state index in [1.807, 2.05) is 13.8 Å². The van der Waals surface area contributed by atoms with Gasteiger partial charge in [0.1, 0.15) is 11.5 Å². The fraction of sp³-hybridized carbons (Fsp3) is 0.929. The molecule has 21 heavy (non-hydrogen) atoms. The molecule has 0 aromatic rings. The zero-order valence-electron chi connectivity index (χ0n) is 12.9. The molecule has 6 nitrogen and oxygen atoms in total. The monoisotopic (exact) mass is 321 g/mol. The number of carbonyl (C=O) groups is 1. The van der Waals surface area contributed by atoms with Gasteiger partial charge in [0.15, 0.2) is 5.78 Å². The normalized spacial score (nSPS) is 31.4. The maximum absolute atomic E-state index is 11.9. The molecule has 1 aliphatic heterocycles. The predicted octanol–water partition coefficient (Wildman–Crippen LogP) is -0.248. The van der Waals surface area contributed by atoms with Crippen LogP contribution < -0.4 is 5.32 Å². The standard InChI is InChI=1S/C14H27NO5S/c1-8(2)12(18)10(15-3)4-5-21-14-13(19)11(17)6-9(7-16)20-14/h8-11,13-17,19H,4-7H2,1-3H3/t9?,10-,11?,13?,14?/m1/s1. The van der Waals surface area contributed by atoms with Crippen LogP contribution in [0, 0.1) is 5.92 Å². The molecular formula is C14H27NO5S. The second-order valence-corrected chi connectivity index (χ2v) is 6.87. The van der Waals surface area contributed by atoms with Crippen LogP contribution in [0.4, 0.5) is 0 Å². The minimum Gasteiger partial charge on any atom is -0.394 e. The van der Waals surface area contributed by atoms with Crippen LogP contribution in [0.5, 0.6) is 0 Å². The van der Waals surface area contributed by atoms with E-state index in [9.17, 15) is 15.0 Å². The number of carbonyl (C=O) groups excluding carboxylic acids is 1. The van der Waals surface area contributed by atoms with Crippen LogP contribution >= 0.6 is 11.8 Å². The van der Waals surface area contributed by atoms with E-state index in [4.69, 9.17) is 9.84 Å². The van der Waals surface area contributed by atoms with Crippen LogP contribution in [0.25, 0.3) is 0 Å². The van der Waals surface area contributed by atoms with Crippen molar-refractivity contribution in [1.29, 1.82) is 0 Å². The fourth-order valence-electron chi connectivity index (χ4n) is 2.30. The summed E-state index contributed by atoms with van der Waals surface area (Å²) in [6, 6.07) is -0.211. The average molecular weight is 321 g/mol. The summed E-state index contributed by atoms with van der Waals surface area (Å²) in [6.07, 6.45) is -1.43. The molecule has 0 aliphatic carbocycles. The Morgan fingerprint density at radius 2 is 2.10 bits per heavy atom. The molecule has 0 saturated carbocycles. The van der Waals surface area contributed by atoms with Gasteiger partial charge in [-0.3, -0.25) is 4.79 Å². The van der Waals surface area contributed by atoms with E-state index < -0.39 is 23.7 Å². The van der Waals surface area contributed by atoms with Gasteiger partial charge in [0.25, 0.3) is 0 Å². The van der Waals surface area contributed by atoms with Crippen molar-refractivity contribution in [3.63, 3.8) is 0 Å². The van der Waals surface area contributed by atoms with Gasteiger partial charge in [-0.05, 0) is 19.2 Å². The highest BCUT2D eigenvalue weighted by atomic mass is 32.2. The summed E-state index contributed by atoms with van der Waals surface area (Å²) in [5, 5.41) is 31.8. The summed E-state index contributed by atoms with van der Waals surface area (Å²) in [7, 11) is 1.76. The van der Waals surface area contributed by atoms with Crippen molar-refractivity contribution in [2.45, 2.75) is 56.5 Å². The molecule has 0 aromatic heterocycles. The lowest BCUT2D eigenvalue weighted by Crippen LogP contribution is -2.48. The first kappa shape index (κ1) is 18.9. The zero-order valence-corrected chi connectivity index (χ0v) is 13.7. The molecule has 0 amide bonds. The smallest absolute Gasteiger partial charge is 0.152 e. The highest BCUT2D eigenvalue weighted by Crippen LogP contribution is 2.28. The number of Topliss-reactive ketones (excluding diaryl/α,β-unsaturated/α-hetero) is 1. The van der Waals surface area contributed by atoms with Crippen molar-refractivity contribution in [2.75, 3.05) is 19.4 Å². The average Bonchev–Trinajstić information content (AvgIpc) is 2.46. The topological polar surface area (TPSA) is 99.0 Å². The summed E-state index contributed by atoms with van der Waals surface area (Å²) >= 11 is 1.37. The first-order valence-electron chi connectivity index (χ1n) is 7.35. The Hall–Kier alpha value is -0.180. The molecule has 124 valence electrons. The number of aliphatic hydroxyl groups is 3. The molecular weight excluding hydrogens is 294 g/mol. The SMILES string of the molecule is CN[C@H](CCSC1OC(CO)CC(O)C1O)C(=O)C(C)C. The minimum atomic E-state index is -0.966. The van der Waals surface area contributed by atoms with Gasteiger partial charge in [-0.1, -0.05) is 13.8 Å². The van der Waals surface area contributed by atoms with E-state index in [1.165, 1.54) is 11.8 Å². The maximum Gasteiger partial charge on any atom is 0.152 e. The quantitative estimate of drug-likeness (QED) is 0.489. The van der Waals surface area contributed by atoms with Gasteiger partial charge < -0.3 is 25.4 Å². The molecule has 4 N–H and O–H groups in total. The summed E-state index contributed by atoms with van der Waals surface area (Å²) in [4.78, 5) is 11.9. The highest BCUT2D eigenvalue weighted by Gasteiger charge is 2.36. The van der Waals surface area contributed by atoms with Gasteiger partial charge in [0.05, 0.1) is 24.9 Å². The van der Waals surface area contributed by atoms with E-state index in [2.05, 4.69) is 5.32 Å². The van der Waals surface area contributed by atoms with E-state index in [0.717, 1.165) is 0 Å². The van der Waals surface area contributed by atoms with Gasteiger partial charge in [-0.25, -0.2) is 0 Å². The third-order valence-electron chi connectivity index (χ3n) is 3.66. The van der Waals surface area contributed by atoms with Gasteiger partial charge in [0.2, 0.25) is 0 Å². The van der Waals surface area contributed by atoms with Crippen LogP contribution in [0.15, 0.2) is 0 Å². The number of ether oxygens (including phenoxy) is 1. The third kappa shape index (κ3) is 5.50. The van der Waals surface area contributed by atoms with Crippen molar-refractivity contribution in [2.24, 2.45) is 5.92 Å². The number of nitrogens with one attached hydrogen (secondary N) is 1. The molecule has 0 bridgehead atoms. The molecule has 0 aromatic carbocycles. The van der Waals surface area contributed by atoms with Gasteiger partial charge >= 0.3 is 0 Å². The van der Waals surface area contributed by atoms with Crippen LogP contribution in [0.2, 0.25) is 0 Å². The Morgan fingerprint density at radius 1 is 1.43 bits per heavy atom. The lowest BCUT2D eigenvalue weighted by atomic mass is 10.0. The summed E-state index contributed by atoms with van der Waals surface area (Å²) < 4.78 is 5.54. The molecule has 4 unspecified atom stereocenters. The first-order chi connectivity index (χ1) is 9.90. The van der Waals surface area contributed by atoms with Gasteiger partial charge in [-0.15, -0.1) is 11.8 Å². The van der Waals surface area contributed by atoms with E-state index >= 15 is 0 Å². The number of rotatable bonds is 8. The van der Waals surface area contributed by atoms with Crippen molar-refractivity contribution >= 4 is 17.5 Å². The molecule has 0 spiro atoms. The lowest BCUT2D eigenvalue weighted by Gasteiger charge is -2.36. The minimum absolute atomic E-state index is 0.0236. The van der Waals surface area contributed by atoms with E-state index in [-0.39, 0.29) is 30.8 Å². The molecule has 1 rings (SSSR count). The lowest BCUT2D eigenvalue weighted by molar-refractivity contribution is -0.145. The Morgan fingerprint density at radius 3 is 2.62 bits per heavy atom. The van der Waals surface area contributed by atoms with Crippen molar-refractivity contribution in [1.82, 2.24) is 5.32 Å². The largest absolute Gasteiger partial charge is 0.394 e. The zero-order chi connectivity index (χ0) is 16.0. The number of thioether (sulfide) groups is 1. The molecule has 0 radical (unpaired) electrons. The molecule has 1 fully saturated rings. The number of likely N-dealkylation sites (N-methyl/N-ethyl adjacent to an activating group) is 1. The fourth-order valence-corrected chi connectivity index (χ4v) is 3.52. The molecule has 1 aliphatic rings. The highest BCUT2D eigenvalue weighted by molar-refractivity contribution is 7.99. The Labute approximate surface area is 130 Å². The van der Waals surface area contributed by atoms with Crippen molar-refractivity contribution < 1.29 is 24.9 Å². The number of ketones is 1. The Balaban J connectivity index is 2.44. The van der Waals surface area contributed by atoms with Crippen LogP contribution in [0.3, 0.4) is 0 Å². The Kier molecular flexibility index (Phi) is 8.15. The molecule has 5 atom stereocenters. The van der Waals surface area contributed by atoms with Crippen molar-refractivity contribution in [3.8, 4) is 0 Å². The third-order valence-corrected chi connectivity index (χ3v) is 4.85. The summed E-state index contributed by atoms with van der Waals surface area (Å²) in [5.41, 5.74) is -0.572. The van der Waals surface area contributed by atoms with Crippen molar-refractivity contribution in [3.05, 3.63) is 0 Å². The van der Waals surface area contributed by atoms with Crippen LogP contribution in [-0.2, 0) is 9.53 Å². The summed E-state index contributed by atoms with van der Waals surface area (Å²) in [6.45, 7) is 3.57. The van der Waals surface area contributed by atoms with Gasteiger partial charge in [0, 0.05) is 12.3 Å². The Bertz CT molecular complexity index is 328. The number of hydrogen-bond acceptors (Lipinski definition) is 7. The maximum atomic E-state index is 11.9.